The summed E-state index contributed by atoms with van der Waals surface area (Å²) in [4.78, 5) is 74.9. The van der Waals surface area contributed by atoms with E-state index in [4.69, 9.17) is 15.9 Å². The van der Waals surface area contributed by atoms with Crippen molar-refractivity contribution >= 4 is 59.2 Å². The van der Waals surface area contributed by atoms with E-state index in [2.05, 4.69) is 33.6 Å². The van der Waals surface area contributed by atoms with E-state index in [9.17, 15) is 33.9 Å². The number of carbonyl (C=O) groups is 6. The highest BCUT2D eigenvalue weighted by atomic mass is 32.1. The molecule has 0 radical (unpaired) electrons. The molecule has 1 aromatic heterocycles. The van der Waals surface area contributed by atoms with Crippen molar-refractivity contribution in [3.05, 3.63) is 36.0 Å². The molecule has 0 aliphatic carbocycles. The van der Waals surface area contributed by atoms with Gasteiger partial charge in [-0.05, 0) is 24.5 Å². The molecule has 15 heteroatoms. The quantitative estimate of drug-likeness (QED) is 0.115. The Balaban J connectivity index is 2.23. The number of nitrogens with two attached hydrogens (primary N) is 1. The summed E-state index contributed by atoms with van der Waals surface area (Å²) in [5, 5.41) is 35.0. The molecule has 3 amide bonds. The zero-order valence-corrected chi connectivity index (χ0v) is 21.6. The highest BCUT2D eigenvalue weighted by Crippen LogP contribution is 2.19. The van der Waals surface area contributed by atoms with E-state index in [0.29, 0.717) is 5.56 Å². The third-order valence-electron chi connectivity index (χ3n) is 5.81. The molecule has 39 heavy (non-hydrogen) atoms. The van der Waals surface area contributed by atoms with Gasteiger partial charge in [0, 0.05) is 42.1 Å². The largest absolute Gasteiger partial charge is 0.481 e. The van der Waals surface area contributed by atoms with Crippen LogP contribution in [0.5, 0.6) is 0 Å². The van der Waals surface area contributed by atoms with Crippen LogP contribution in [-0.4, -0.2) is 85.9 Å². The number of aromatic amines is 1. The van der Waals surface area contributed by atoms with Gasteiger partial charge in [-0.25, -0.2) is 4.79 Å². The van der Waals surface area contributed by atoms with E-state index in [-0.39, 0.29) is 31.4 Å². The third-order valence-corrected chi connectivity index (χ3v) is 6.18. The first-order chi connectivity index (χ1) is 18.4. The molecule has 1 heterocycles. The molecule has 0 spiro atoms. The zero-order chi connectivity index (χ0) is 29.1. The topological polar surface area (TPSA) is 241 Å². The van der Waals surface area contributed by atoms with E-state index in [1.54, 1.807) is 30.5 Å². The smallest absolute Gasteiger partial charge is 0.326 e. The number of aromatic nitrogens is 1. The average molecular weight is 566 g/mol. The minimum absolute atomic E-state index is 0.0712. The van der Waals surface area contributed by atoms with E-state index in [1.807, 2.05) is 0 Å². The van der Waals surface area contributed by atoms with Gasteiger partial charge in [0.2, 0.25) is 17.7 Å². The molecule has 14 nitrogen and oxygen atoms in total. The lowest BCUT2D eigenvalue weighted by Crippen LogP contribution is -2.58. The summed E-state index contributed by atoms with van der Waals surface area (Å²) >= 11 is 4.07. The van der Waals surface area contributed by atoms with Crippen molar-refractivity contribution in [1.82, 2.24) is 20.9 Å². The van der Waals surface area contributed by atoms with Gasteiger partial charge in [0.05, 0.1) is 6.04 Å². The fraction of sp³-hybridized carbons (Fsp3) is 0.417. The van der Waals surface area contributed by atoms with Gasteiger partial charge in [0.25, 0.3) is 0 Å². The van der Waals surface area contributed by atoms with Crippen LogP contribution in [0, 0.1) is 0 Å². The standard InChI is InChI=1S/C24H31N5O9S/c25-14(5-7-19(30)31)21(34)29-18(11-39)23(36)28-17(9-12-10-26-15-4-2-1-3-13(12)15)22(35)27-16(24(37)38)6-8-20(32)33/h1-4,10,14,16-18,26,39H,5-9,11,25H2,(H,27,35)(H,28,36)(H,29,34)(H,30,31)(H,32,33)(H,37,38). The number of para-hydroxylation sites is 1. The number of amides is 3. The molecule has 4 atom stereocenters. The summed E-state index contributed by atoms with van der Waals surface area (Å²) < 4.78 is 0. The van der Waals surface area contributed by atoms with E-state index < -0.39 is 66.2 Å². The maximum atomic E-state index is 13.2. The Labute approximate surface area is 228 Å². The lowest BCUT2D eigenvalue weighted by atomic mass is 10.0. The van der Waals surface area contributed by atoms with Crippen LogP contribution in [0.3, 0.4) is 0 Å². The van der Waals surface area contributed by atoms with Gasteiger partial charge in [-0.15, -0.1) is 0 Å². The Morgan fingerprint density at radius 3 is 2.00 bits per heavy atom. The molecule has 0 fully saturated rings. The van der Waals surface area contributed by atoms with Crippen molar-refractivity contribution in [3.8, 4) is 0 Å². The van der Waals surface area contributed by atoms with Gasteiger partial charge < -0.3 is 42.0 Å². The van der Waals surface area contributed by atoms with Crippen LogP contribution < -0.4 is 21.7 Å². The minimum Gasteiger partial charge on any atom is -0.481 e. The highest BCUT2D eigenvalue weighted by molar-refractivity contribution is 7.80. The van der Waals surface area contributed by atoms with Gasteiger partial charge >= 0.3 is 17.9 Å². The number of rotatable bonds is 16. The lowest BCUT2D eigenvalue weighted by Gasteiger charge is -2.24. The number of hydrogen-bond acceptors (Lipinski definition) is 8. The number of nitrogens with one attached hydrogen (secondary N) is 4. The minimum atomic E-state index is -1.52. The normalized spacial score (nSPS) is 14.0. The van der Waals surface area contributed by atoms with Crippen LogP contribution >= 0.6 is 12.6 Å². The molecule has 212 valence electrons. The fourth-order valence-corrected chi connectivity index (χ4v) is 3.94. The van der Waals surface area contributed by atoms with Crippen molar-refractivity contribution in [2.75, 3.05) is 5.75 Å². The lowest BCUT2D eigenvalue weighted by molar-refractivity contribution is -0.143. The van der Waals surface area contributed by atoms with Crippen molar-refractivity contribution in [1.29, 1.82) is 0 Å². The third kappa shape index (κ3) is 9.61. The molecular weight excluding hydrogens is 534 g/mol. The number of benzene rings is 1. The summed E-state index contributed by atoms with van der Waals surface area (Å²) in [7, 11) is 0. The fourth-order valence-electron chi connectivity index (χ4n) is 3.68. The van der Waals surface area contributed by atoms with E-state index in [0.717, 1.165) is 10.9 Å². The van der Waals surface area contributed by atoms with E-state index in [1.165, 1.54) is 0 Å². The highest BCUT2D eigenvalue weighted by Gasteiger charge is 2.31. The molecule has 9 N–H and O–H groups in total. The molecule has 0 aliphatic rings. The first-order valence-corrected chi connectivity index (χ1v) is 12.5. The Bertz CT molecular complexity index is 1220. The van der Waals surface area contributed by atoms with Crippen molar-refractivity contribution in [2.45, 2.75) is 56.3 Å². The molecule has 1 aromatic carbocycles. The van der Waals surface area contributed by atoms with Crippen LogP contribution in [0.25, 0.3) is 10.9 Å². The van der Waals surface area contributed by atoms with Gasteiger partial charge in [-0.1, -0.05) is 18.2 Å². The van der Waals surface area contributed by atoms with Crippen molar-refractivity contribution < 1.29 is 44.1 Å². The van der Waals surface area contributed by atoms with Gasteiger partial charge in [0.1, 0.15) is 18.1 Å². The average Bonchev–Trinajstić information content (AvgIpc) is 3.29. The first-order valence-electron chi connectivity index (χ1n) is 11.9. The van der Waals surface area contributed by atoms with Gasteiger partial charge in [0.15, 0.2) is 0 Å². The van der Waals surface area contributed by atoms with Crippen LogP contribution in [0.4, 0.5) is 0 Å². The van der Waals surface area contributed by atoms with Crippen LogP contribution in [0.15, 0.2) is 30.5 Å². The molecule has 4 unspecified atom stereocenters. The van der Waals surface area contributed by atoms with Crippen molar-refractivity contribution in [2.24, 2.45) is 5.73 Å². The molecule has 2 rings (SSSR count). The maximum Gasteiger partial charge on any atom is 0.326 e. The van der Waals surface area contributed by atoms with Crippen LogP contribution in [0.1, 0.15) is 31.2 Å². The summed E-state index contributed by atoms with van der Waals surface area (Å²) in [6.07, 6.45) is 0.153. The Morgan fingerprint density at radius 1 is 0.821 bits per heavy atom. The van der Waals surface area contributed by atoms with Crippen LogP contribution in [0.2, 0.25) is 0 Å². The first kappa shape index (κ1) is 31.1. The van der Waals surface area contributed by atoms with Gasteiger partial charge in [-0.3, -0.25) is 24.0 Å². The molecular formula is C24H31N5O9S. The monoisotopic (exact) mass is 565 g/mol. The maximum absolute atomic E-state index is 13.2. The summed E-state index contributed by atoms with van der Waals surface area (Å²) in [6, 6.07) is 1.88. The number of carbonyl (C=O) groups excluding carboxylic acids is 3. The second kappa shape index (κ2) is 14.7. The molecule has 0 saturated carbocycles. The number of carboxylic acids is 3. The second-order valence-electron chi connectivity index (χ2n) is 8.74. The summed E-state index contributed by atoms with van der Waals surface area (Å²) in [5.74, 6) is -6.51. The molecule has 0 bridgehead atoms. The Morgan fingerprint density at radius 2 is 1.38 bits per heavy atom. The van der Waals surface area contributed by atoms with Crippen molar-refractivity contribution in [3.63, 3.8) is 0 Å². The predicted molar refractivity (Wildman–Crippen MR) is 141 cm³/mol. The summed E-state index contributed by atoms with van der Waals surface area (Å²) in [6.45, 7) is 0. The second-order valence-corrected chi connectivity index (χ2v) is 9.10. The number of aliphatic carboxylic acids is 3. The number of thiol groups is 1. The Hall–Kier alpha value is -4.11. The number of fused-ring (bicyclic) bond motifs is 1. The van der Waals surface area contributed by atoms with Gasteiger partial charge in [-0.2, -0.15) is 12.6 Å². The predicted octanol–water partition coefficient (Wildman–Crippen LogP) is -0.764. The number of carboxylic acid groups (broad SMARTS) is 3. The SMILES string of the molecule is NC(CCC(=O)O)C(=O)NC(CS)C(=O)NC(Cc1c[nH]c2ccccc12)C(=O)NC(CCC(=O)O)C(=O)O. The zero-order valence-electron chi connectivity index (χ0n) is 20.8. The Kier molecular flexibility index (Phi) is 11.7. The number of hydrogen-bond donors (Lipinski definition) is 9. The molecule has 0 aliphatic heterocycles. The molecule has 0 saturated heterocycles. The number of H-pyrrole nitrogens is 1. The van der Waals surface area contributed by atoms with E-state index >= 15 is 0 Å². The van der Waals surface area contributed by atoms with Crippen LogP contribution in [-0.2, 0) is 35.2 Å². The molecule has 2 aromatic rings. The summed E-state index contributed by atoms with van der Waals surface area (Å²) in [5.41, 5.74) is 7.09.